The SMILES string of the molecule is CC(NC(=O)NCCS(=O)(=O)N1CCOCC1)c1ccccc1Br. The van der Waals surface area contributed by atoms with Gasteiger partial charge in [-0.2, -0.15) is 4.31 Å². The summed E-state index contributed by atoms with van der Waals surface area (Å²) in [6, 6.07) is 7.02. The summed E-state index contributed by atoms with van der Waals surface area (Å²) in [5, 5.41) is 5.39. The van der Waals surface area contributed by atoms with Crippen LogP contribution >= 0.6 is 15.9 Å². The number of rotatable bonds is 6. The zero-order valence-electron chi connectivity index (χ0n) is 13.5. The molecule has 24 heavy (non-hydrogen) atoms. The molecule has 2 N–H and O–H groups in total. The highest BCUT2D eigenvalue weighted by molar-refractivity contribution is 9.10. The second kappa shape index (κ2) is 8.80. The van der Waals surface area contributed by atoms with Crippen LogP contribution in [0.25, 0.3) is 0 Å². The maximum atomic E-state index is 12.1. The number of urea groups is 1. The molecule has 0 aliphatic carbocycles. The Bertz CT molecular complexity index is 662. The molecule has 1 aliphatic rings. The molecule has 1 aliphatic heterocycles. The fraction of sp³-hybridized carbons (Fsp3) is 0.533. The van der Waals surface area contributed by atoms with Crippen molar-refractivity contribution in [3.05, 3.63) is 34.3 Å². The Kier molecular flexibility index (Phi) is 7.02. The average molecular weight is 420 g/mol. The van der Waals surface area contributed by atoms with Crippen LogP contribution in [0.3, 0.4) is 0 Å². The molecule has 0 radical (unpaired) electrons. The Hall–Kier alpha value is -1.16. The molecule has 0 spiro atoms. The highest BCUT2D eigenvalue weighted by Gasteiger charge is 2.24. The molecule has 1 atom stereocenters. The van der Waals surface area contributed by atoms with Crippen LogP contribution in [-0.2, 0) is 14.8 Å². The number of nitrogens with zero attached hydrogens (tertiary/aromatic N) is 1. The van der Waals surface area contributed by atoms with Crippen molar-refractivity contribution >= 4 is 32.0 Å². The van der Waals surface area contributed by atoms with Gasteiger partial charge in [0.2, 0.25) is 10.0 Å². The normalized spacial score (nSPS) is 17.2. The second-order valence-corrected chi connectivity index (χ2v) is 8.41. The molecule has 1 aromatic rings. The summed E-state index contributed by atoms with van der Waals surface area (Å²) in [5.74, 6) is -0.121. The topological polar surface area (TPSA) is 87.7 Å². The van der Waals surface area contributed by atoms with E-state index in [0.717, 1.165) is 10.0 Å². The summed E-state index contributed by atoms with van der Waals surface area (Å²) in [6.07, 6.45) is 0. The lowest BCUT2D eigenvalue weighted by Gasteiger charge is -2.26. The number of benzene rings is 1. The fourth-order valence-corrected chi connectivity index (χ4v) is 4.35. The molecule has 1 unspecified atom stereocenters. The van der Waals surface area contributed by atoms with Gasteiger partial charge in [0.1, 0.15) is 0 Å². The summed E-state index contributed by atoms with van der Waals surface area (Å²) in [6.45, 7) is 3.49. The van der Waals surface area contributed by atoms with Crippen molar-refractivity contribution in [2.24, 2.45) is 0 Å². The number of nitrogens with one attached hydrogen (secondary N) is 2. The van der Waals surface area contributed by atoms with Crippen LogP contribution in [-0.4, -0.2) is 57.4 Å². The Labute approximate surface area is 150 Å². The van der Waals surface area contributed by atoms with Crippen molar-refractivity contribution in [2.45, 2.75) is 13.0 Å². The first-order chi connectivity index (χ1) is 11.4. The largest absolute Gasteiger partial charge is 0.379 e. The zero-order valence-corrected chi connectivity index (χ0v) is 15.9. The number of halogens is 1. The third-order valence-electron chi connectivity index (χ3n) is 3.73. The van der Waals surface area contributed by atoms with E-state index >= 15 is 0 Å². The summed E-state index contributed by atoms with van der Waals surface area (Å²) < 4.78 is 31.8. The smallest absolute Gasteiger partial charge is 0.315 e. The molecule has 1 aromatic carbocycles. The summed E-state index contributed by atoms with van der Waals surface area (Å²) in [5.41, 5.74) is 0.952. The molecule has 0 bridgehead atoms. The van der Waals surface area contributed by atoms with Gasteiger partial charge in [0.15, 0.2) is 0 Å². The van der Waals surface area contributed by atoms with E-state index in [0.29, 0.717) is 26.3 Å². The Balaban J connectivity index is 1.78. The highest BCUT2D eigenvalue weighted by atomic mass is 79.9. The van der Waals surface area contributed by atoms with E-state index in [2.05, 4.69) is 26.6 Å². The first-order valence-corrected chi connectivity index (χ1v) is 10.1. The zero-order chi connectivity index (χ0) is 17.6. The van der Waals surface area contributed by atoms with E-state index in [1.807, 2.05) is 31.2 Å². The Morgan fingerprint density at radius 3 is 2.67 bits per heavy atom. The van der Waals surface area contributed by atoms with Crippen LogP contribution < -0.4 is 10.6 Å². The quantitative estimate of drug-likeness (QED) is 0.730. The number of ether oxygens (including phenoxy) is 1. The Morgan fingerprint density at radius 2 is 2.00 bits per heavy atom. The van der Waals surface area contributed by atoms with Gasteiger partial charge >= 0.3 is 6.03 Å². The van der Waals surface area contributed by atoms with Crippen LogP contribution in [0.2, 0.25) is 0 Å². The van der Waals surface area contributed by atoms with Gasteiger partial charge in [0, 0.05) is 24.1 Å². The number of morpholine rings is 1. The first-order valence-electron chi connectivity index (χ1n) is 7.74. The van der Waals surface area contributed by atoms with E-state index < -0.39 is 16.1 Å². The monoisotopic (exact) mass is 419 g/mol. The third-order valence-corrected chi connectivity index (χ3v) is 6.32. The maximum absolute atomic E-state index is 12.1. The molecule has 1 saturated heterocycles. The van der Waals surface area contributed by atoms with Crippen molar-refractivity contribution in [2.75, 3.05) is 38.6 Å². The summed E-state index contributed by atoms with van der Waals surface area (Å²) in [4.78, 5) is 11.9. The minimum Gasteiger partial charge on any atom is -0.379 e. The molecular weight excluding hydrogens is 398 g/mol. The van der Waals surface area contributed by atoms with Crippen molar-refractivity contribution < 1.29 is 17.9 Å². The number of amides is 2. The molecule has 7 nitrogen and oxygen atoms in total. The van der Waals surface area contributed by atoms with Gasteiger partial charge in [0.05, 0.1) is 25.0 Å². The van der Waals surface area contributed by atoms with Crippen molar-refractivity contribution in [3.8, 4) is 0 Å². The number of hydrogen-bond acceptors (Lipinski definition) is 4. The van der Waals surface area contributed by atoms with Crippen LogP contribution in [0.15, 0.2) is 28.7 Å². The lowest BCUT2D eigenvalue weighted by molar-refractivity contribution is 0.0730. The Morgan fingerprint density at radius 1 is 1.33 bits per heavy atom. The van der Waals surface area contributed by atoms with Gasteiger partial charge in [-0.25, -0.2) is 13.2 Å². The van der Waals surface area contributed by atoms with Crippen molar-refractivity contribution in [1.82, 2.24) is 14.9 Å². The van der Waals surface area contributed by atoms with Gasteiger partial charge in [-0.05, 0) is 18.6 Å². The van der Waals surface area contributed by atoms with Gasteiger partial charge < -0.3 is 15.4 Å². The maximum Gasteiger partial charge on any atom is 0.315 e. The van der Waals surface area contributed by atoms with Gasteiger partial charge in [0.25, 0.3) is 0 Å². The lowest BCUT2D eigenvalue weighted by atomic mass is 10.1. The molecule has 2 rings (SSSR count). The van der Waals surface area contributed by atoms with E-state index in [9.17, 15) is 13.2 Å². The first kappa shape index (κ1) is 19.2. The molecule has 2 amide bonds. The van der Waals surface area contributed by atoms with E-state index in [-0.39, 0.29) is 18.3 Å². The van der Waals surface area contributed by atoms with Gasteiger partial charge in [-0.1, -0.05) is 34.1 Å². The fourth-order valence-electron chi connectivity index (χ4n) is 2.40. The number of carbonyl (C=O) groups is 1. The second-order valence-electron chi connectivity index (χ2n) is 5.47. The molecule has 0 saturated carbocycles. The predicted molar refractivity (Wildman–Crippen MR) is 95.3 cm³/mol. The molecule has 134 valence electrons. The number of hydrogen-bond donors (Lipinski definition) is 2. The molecule has 1 fully saturated rings. The minimum atomic E-state index is -3.36. The van der Waals surface area contributed by atoms with Gasteiger partial charge in [-0.3, -0.25) is 0 Å². The van der Waals surface area contributed by atoms with Crippen molar-refractivity contribution in [1.29, 1.82) is 0 Å². The summed E-state index contributed by atoms with van der Waals surface area (Å²) in [7, 11) is -3.36. The highest BCUT2D eigenvalue weighted by Crippen LogP contribution is 2.22. The van der Waals surface area contributed by atoms with Gasteiger partial charge in [-0.15, -0.1) is 0 Å². The van der Waals surface area contributed by atoms with Crippen molar-refractivity contribution in [3.63, 3.8) is 0 Å². The van der Waals surface area contributed by atoms with E-state index in [1.165, 1.54) is 4.31 Å². The molecule has 9 heteroatoms. The van der Waals surface area contributed by atoms with Crippen LogP contribution in [0, 0.1) is 0 Å². The van der Waals surface area contributed by atoms with Crippen LogP contribution in [0.5, 0.6) is 0 Å². The minimum absolute atomic E-state index is 0.0637. The third kappa shape index (κ3) is 5.44. The molecule has 0 aromatic heterocycles. The summed E-state index contributed by atoms with van der Waals surface area (Å²) >= 11 is 3.44. The van der Waals surface area contributed by atoms with E-state index in [4.69, 9.17) is 4.74 Å². The van der Waals surface area contributed by atoms with E-state index in [1.54, 1.807) is 0 Å². The standard InChI is InChI=1S/C15H22BrN3O4S/c1-12(13-4-2-3-5-14(13)16)18-15(20)17-6-11-24(21,22)19-7-9-23-10-8-19/h2-5,12H,6-11H2,1H3,(H2,17,18,20). The number of carbonyl (C=O) groups excluding carboxylic acids is 1. The van der Waals surface area contributed by atoms with Crippen LogP contribution in [0.1, 0.15) is 18.5 Å². The molecular formula is C15H22BrN3O4S. The average Bonchev–Trinajstić information content (AvgIpc) is 2.55. The number of sulfonamides is 1. The van der Waals surface area contributed by atoms with Crippen LogP contribution in [0.4, 0.5) is 4.79 Å². The lowest BCUT2D eigenvalue weighted by Crippen LogP contribution is -2.45. The predicted octanol–water partition coefficient (Wildman–Crippen LogP) is 1.47. The molecule has 1 heterocycles.